The van der Waals surface area contributed by atoms with Crippen molar-refractivity contribution in [2.24, 2.45) is 11.3 Å². The molecule has 4 aromatic rings. The van der Waals surface area contributed by atoms with Gasteiger partial charge in [0.1, 0.15) is 0 Å². The minimum atomic E-state index is -0.470. The maximum absolute atomic E-state index is 14.0. The molecule has 2 amide bonds. The zero-order valence-corrected chi connectivity index (χ0v) is 24.3. The number of nitrogens with zero attached hydrogens (tertiary/aromatic N) is 2. The first-order valence-corrected chi connectivity index (χ1v) is 14.6. The van der Waals surface area contributed by atoms with Gasteiger partial charge in [-0.1, -0.05) is 87.0 Å². The van der Waals surface area contributed by atoms with Crippen LogP contribution < -0.4 is 0 Å². The predicted octanol–water partition coefficient (Wildman–Crippen LogP) is 6.85. The number of carbonyl (C=O) groups is 3. The van der Waals surface area contributed by atoms with E-state index in [4.69, 9.17) is 11.6 Å². The topological polar surface area (TPSA) is 73.5 Å². The number of halogens is 1. The summed E-state index contributed by atoms with van der Waals surface area (Å²) >= 11 is 6.51. The Hall–Kier alpha value is -3.90. The van der Waals surface area contributed by atoms with E-state index in [2.05, 4.69) is 4.98 Å². The summed E-state index contributed by atoms with van der Waals surface area (Å²) in [6.45, 7) is 6.98. The van der Waals surface area contributed by atoms with Crippen molar-refractivity contribution < 1.29 is 14.4 Å². The number of nitrogens with one attached hydrogen (secondary N) is 1. The number of benzene rings is 3. The monoisotopic (exact) mass is 567 g/mol. The summed E-state index contributed by atoms with van der Waals surface area (Å²) in [5.41, 5.74) is 3.48. The molecule has 0 saturated carbocycles. The lowest BCUT2D eigenvalue weighted by atomic mass is 9.76. The molecule has 6 nitrogen and oxygen atoms in total. The van der Waals surface area contributed by atoms with Crippen LogP contribution in [-0.2, 0) is 4.79 Å². The third-order valence-electron chi connectivity index (χ3n) is 8.65. The van der Waals surface area contributed by atoms with Crippen molar-refractivity contribution in [1.29, 1.82) is 0 Å². The summed E-state index contributed by atoms with van der Waals surface area (Å²) in [6, 6.07) is 25.0. The highest BCUT2D eigenvalue weighted by Gasteiger charge is 2.50. The number of para-hydroxylation sites is 1. The van der Waals surface area contributed by atoms with E-state index < -0.39 is 11.3 Å². The second-order valence-corrected chi connectivity index (χ2v) is 12.8. The van der Waals surface area contributed by atoms with Gasteiger partial charge in [-0.15, -0.1) is 0 Å². The Morgan fingerprint density at radius 3 is 2.24 bits per heavy atom. The zero-order valence-electron chi connectivity index (χ0n) is 23.6. The van der Waals surface area contributed by atoms with Gasteiger partial charge in [0.15, 0.2) is 5.78 Å². The molecule has 1 aromatic heterocycles. The second-order valence-electron chi connectivity index (χ2n) is 12.4. The molecule has 1 N–H and O–H groups in total. The smallest absolute Gasteiger partial charge is 0.255 e. The van der Waals surface area contributed by atoms with Gasteiger partial charge in [-0.2, -0.15) is 0 Å². The minimum absolute atomic E-state index is 0.00864. The molecule has 0 radical (unpaired) electrons. The highest BCUT2D eigenvalue weighted by Crippen LogP contribution is 2.38. The number of Topliss-reactive ketones (excluding diaryl/α,β-unsaturated/α-hetero) is 1. The summed E-state index contributed by atoms with van der Waals surface area (Å²) in [6.07, 6.45) is 0.869. The third kappa shape index (κ3) is 5.17. The number of aromatic nitrogens is 1. The molecule has 2 aliphatic rings. The van der Waals surface area contributed by atoms with Gasteiger partial charge in [-0.05, 0) is 47.2 Å². The number of amides is 2. The normalized spacial score (nSPS) is 19.1. The van der Waals surface area contributed by atoms with E-state index in [9.17, 15) is 14.4 Å². The van der Waals surface area contributed by atoms with E-state index in [0.717, 1.165) is 28.5 Å². The number of rotatable bonds is 6. The molecule has 0 aliphatic carbocycles. The molecular weight excluding hydrogens is 534 g/mol. The number of aromatic amines is 1. The Morgan fingerprint density at radius 1 is 0.878 bits per heavy atom. The Balaban J connectivity index is 1.17. The Bertz CT molecular complexity index is 1600. The van der Waals surface area contributed by atoms with E-state index >= 15 is 0 Å². The first kappa shape index (κ1) is 27.3. The number of hydrogen-bond donors (Lipinski definition) is 1. The van der Waals surface area contributed by atoms with Crippen LogP contribution in [0.5, 0.6) is 0 Å². The quantitative estimate of drug-likeness (QED) is 0.259. The van der Waals surface area contributed by atoms with Crippen molar-refractivity contribution in [3.8, 4) is 11.1 Å². The summed E-state index contributed by atoms with van der Waals surface area (Å²) in [5, 5.41) is 1.40. The van der Waals surface area contributed by atoms with Gasteiger partial charge >= 0.3 is 0 Å². The summed E-state index contributed by atoms with van der Waals surface area (Å²) in [5.74, 6) is -0.648. The minimum Gasteiger partial charge on any atom is -0.352 e. The molecule has 2 aliphatic heterocycles. The zero-order chi connectivity index (χ0) is 28.9. The molecule has 3 atom stereocenters. The molecule has 3 aromatic carbocycles. The number of fused-ring (bicyclic) bond motifs is 3. The molecule has 0 unspecified atom stereocenters. The number of ketones is 1. The third-order valence-corrected chi connectivity index (χ3v) is 8.98. The summed E-state index contributed by atoms with van der Waals surface area (Å²) in [4.78, 5) is 48.0. The van der Waals surface area contributed by atoms with Crippen LogP contribution in [0.25, 0.3) is 22.0 Å². The first-order chi connectivity index (χ1) is 19.6. The molecule has 3 heterocycles. The molecule has 41 heavy (non-hydrogen) atoms. The van der Waals surface area contributed by atoms with E-state index in [1.807, 2.05) is 103 Å². The molecule has 2 bridgehead atoms. The van der Waals surface area contributed by atoms with Crippen molar-refractivity contribution in [2.75, 3.05) is 13.1 Å². The SMILES string of the molecule is CC(C)(C)[C@H](CC(=O)c1cc2ccccc2[nH]1)C(=O)N1C[C@@H]2C[C@H]1CN2C(=O)c1cc(-c2ccccc2)ccc1Cl. The first-order valence-electron chi connectivity index (χ1n) is 14.2. The number of likely N-dealkylation sites (tertiary alicyclic amines) is 2. The number of carbonyl (C=O) groups excluding carboxylic acids is 3. The lowest BCUT2D eigenvalue weighted by molar-refractivity contribution is -0.141. The second kappa shape index (κ2) is 10.5. The number of H-pyrrole nitrogens is 1. The molecule has 2 fully saturated rings. The van der Waals surface area contributed by atoms with Crippen LogP contribution in [-0.4, -0.2) is 57.6 Å². The highest BCUT2D eigenvalue weighted by atomic mass is 35.5. The fourth-order valence-corrected chi connectivity index (χ4v) is 6.52. The van der Waals surface area contributed by atoms with Crippen LogP contribution in [0.1, 0.15) is 54.5 Å². The van der Waals surface area contributed by atoms with Gasteiger partial charge in [0.05, 0.1) is 34.3 Å². The maximum Gasteiger partial charge on any atom is 0.255 e. The van der Waals surface area contributed by atoms with Crippen molar-refractivity contribution in [3.05, 3.63) is 95.1 Å². The Morgan fingerprint density at radius 2 is 1.56 bits per heavy atom. The van der Waals surface area contributed by atoms with Gasteiger partial charge in [0.2, 0.25) is 5.91 Å². The van der Waals surface area contributed by atoms with Crippen molar-refractivity contribution in [2.45, 2.75) is 45.7 Å². The highest BCUT2D eigenvalue weighted by molar-refractivity contribution is 6.34. The van der Waals surface area contributed by atoms with Crippen molar-refractivity contribution in [1.82, 2.24) is 14.8 Å². The van der Waals surface area contributed by atoms with Crippen molar-refractivity contribution in [3.63, 3.8) is 0 Å². The van der Waals surface area contributed by atoms with Crippen LogP contribution in [0.4, 0.5) is 0 Å². The largest absolute Gasteiger partial charge is 0.352 e. The molecule has 210 valence electrons. The van der Waals surface area contributed by atoms with Crippen LogP contribution in [0.3, 0.4) is 0 Å². The van der Waals surface area contributed by atoms with Crippen LogP contribution in [0.15, 0.2) is 78.9 Å². The average Bonchev–Trinajstić information content (AvgIpc) is 3.70. The molecular formula is C34H34ClN3O3. The summed E-state index contributed by atoms with van der Waals surface area (Å²) < 4.78 is 0. The van der Waals surface area contributed by atoms with Crippen LogP contribution >= 0.6 is 11.6 Å². The maximum atomic E-state index is 14.0. The number of piperazine rings is 1. The lowest BCUT2D eigenvalue weighted by Crippen LogP contribution is -2.53. The standard InChI is InChI=1S/C34H34ClN3O3/c1-34(2,3)27(18-31(39)30-16-23-11-7-8-12-29(23)36-30)33(41)38-20-24-17-25(38)19-37(24)32(40)26-15-22(13-14-28(26)35)21-9-5-4-6-10-21/h4-16,24-25,27,36H,17-20H2,1-3H3/t24-,25-,27+/m0/s1. The Kier molecular flexibility index (Phi) is 6.98. The average molecular weight is 568 g/mol. The van der Waals surface area contributed by atoms with E-state index in [0.29, 0.717) is 29.4 Å². The van der Waals surface area contributed by atoms with Crippen LogP contribution in [0, 0.1) is 11.3 Å². The van der Waals surface area contributed by atoms with E-state index in [1.54, 1.807) is 6.07 Å². The number of hydrogen-bond acceptors (Lipinski definition) is 3. The Labute approximate surface area is 245 Å². The fraction of sp³-hybridized carbons (Fsp3) is 0.324. The molecule has 2 saturated heterocycles. The van der Waals surface area contributed by atoms with E-state index in [1.165, 1.54) is 0 Å². The lowest BCUT2D eigenvalue weighted by Gasteiger charge is -2.39. The van der Waals surface area contributed by atoms with Gasteiger partial charge in [-0.25, -0.2) is 0 Å². The predicted molar refractivity (Wildman–Crippen MR) is 162 cm³/mol. The van der Waals surface area contributed by atoms with Crippen molar-refractivity contribution >= 4 is 40.1 Å². The molecule has 0 spiro atoms. The fourth-order valence-electron chi connectivity index (χ4n) is 6.32. The van der Waals surface area contributed by atoms with Gasteiger partial charge in [-0.3, -0.25) is 14.4 Å². The summed E-state index contributed by atoms with van der Waals surface area (Å²) in [7, 11) is 0. The molecule has 7 heteroatoms. The van der Waals surface area contributed by atoms with Gasteiger partial charge < -0.3 is 14.8 Å². The van der Waals surface area contributed by atoms with Gasteiger partial charge in [0.25, 0.3) is 5.91 Å². The van der Waals surface area contributed by atoms with Gasteiger partial charge in [0, 0.05) is 30.4 Å². The van der Waals surface area contributed by atoms with E-state index in [-0.39, 0.29) is 36.1 Å². The molecule has 6 rings (SSSR count). The van der Waals surface area contributed by atoms with Crippen LogP contribution in [0.2, 0.25) is 5.02 Å².